The predicted molar refractivity (Wildman–Crippen MR) is 103 cm³/mol. The summed E-state index contributed by atoms with van der Waals surface area (Å²) < 4.78 is 9.40. The standard InChI is InChI=1S/C21H38N4/c1-5-7-9-11-13-15-25-19-17-23(4)21(25)20-22(3)16-18-24(20)14-12-10-8-6-2/h16-19H,5-15H2,1-4H3/q+2. The summed E-state index contributed by atoms with van der Waals surface area (Å²) in [5.41, 5.74) is 0. The van der Waals surface area contributed by atoms with Gasteiger partial charge in [0.2, 0.25) is 0 Å². The highest BCUT2D eigenvalue weighted by Crippen LogP contribution is 2.15. The van der Waals surface area contributed by atoms with Crippen LogP contribution in [0.3, 0.4) is 0 Å². The van der Waals surface area contributed by atoms with Crippen LogP contribution in [-0.2, 0) is 27.2 Å². The van der Waals surface area contributed by atoms with Crippen LogP contribution in [0.25, 0.3) is 11.6 Å². The second-order valence-corrected chi connectivity index (χ2v) is 7.33. The van der Waals surface area contributed by atoms with Gasteiger partial charge in [0.25, 0.3) is 0 Å². The zero-order valence-corrected chi connectivity index (χ0v) is 16.9. The van der Waals surface area contributed by atoms with Crippen molar-refractivity contribution in [2.45, 2.75) is 84.7 Å². The van der Waals surface area contributed by atoms with Gasteiger partial charge in [0, 0.05) is 0 Å². The van der Waals surface area contributed by atoms with Crippen molar-refractivity contribution in [2.24, 2.45) is 14.1 Å². The molecule has 0 saturated carbocycles. The van der Waals surface area contributed by atoms with E-state index in [4.69, 9.17) is 0 Å². The Labute approximate surface area is 154 Å². The van der Waals surface area contributed by atoms with Gasteiger partial charge < -0.3 is 0 Å². The molecule has 2 aromatic rings. The molecule has 2 aromatic heterocycles. The first-order valence-electron chi connectivity index (χ1n) is 10.3. The van der Waals surface area contributed by atoms with Gasteiger partial charge in [0.05, 0.1) is 27.2 Å². The van der Waals surface area contributed by atoms with E-state index in [9.17, 15) is 0 Å². The molecule has 0 aliphatic carbocycles. The van der Waals surface area contributed by atoms with Crippen LogP contribution >= 0.6 is 0 Å². The number of rotatable bonds is 12. The Kier molecular flexibility index (Phi) is 8.23. The molecular weight excluding hydrogens is 308 g/mol. The second-order valence-electron chi connectivity index (χ2n) is 7.33. The Morgan fingerprint density at radius 1 is 0.640 bits per heavy atom. The van der Waals surface area contributed by atoms with Crippen LogP contribution in [0.1, 0.15) is 71.6 Å². The summed E-state index contributed by atoms with van der Waals surface area (Å²) in [4.78, 5) is 0. The molecule has 25 heavy (non-hydrogen) atoms. The quantitative estimate of drug-likeness (QED) is 0.406. The van der Waals surface area contributed by atoms with E-state index in [1.807, 2.05) is 0 Å². The lowest BCUT2D eigenvalue weighted by Crippen LogP contribution is -2.38. The number of hydrogen-bond donors (Lipinski definition) is 0. The molecule has 2 rings (SSSR count). The zero-order chi connectivity index (χ0) is 18.1. The first-order chi connectivity index (χ1) is 12.2. The molecule has 0 atom stereocenters. The van der Waals surface area contributed by atoms with Crippen molar-refractivity contribution in [1.82, 2.24) is 9.13 Å². The number of imidazole rings is 2. The highest BCUT2D eigenvalue weighted by atomic mass is 15.2. The number of unbranched alkanes of at least 4 members (excludes halogenated alkanes) is 7. The van der Waals surface area contributed by atoms with Gasteiger partial charge in [-0.3, -0.25) is 0 Å². The largest absolute Gasteiger partial charge is 0.373 e. The van der Waals surface area contributed by atoms with Gasteiger partial charge in [-0.05, 0) is 25.7 Å². The van der Waals surface area contributed by atoms with Crippen LogP contribution in [0.4, 0.5) is 0 Å². The first-order valence-corrected chi connectivity index (χ1v) is 10.3. The summed E-state index contributed by atoms with van der Waals surface area (Å²) in [5.74, 6) is 2.64. The Morgan fingerprint density at radius 3 is 1.48 bits per heavy atom. The van der Waals surface area contributed by atoms with Crippen molar-refractivity contribution < 1.29 is 9.13 Å². The zero-order valence-electron chi connectivity index (χ0n) is 16.9. The van der Waals surface area contributed by atoms with Gasteiger partial charge in [-0.2, -0.15) is 0 Å². The van der Waals surface area contributed by atoms with Crippen LogP contribution in [0.2, 0.25) is 0 Å². The summed E-state index contributed by atoms with van der Waals surface area (Å²) in [6.07, 6.45) is 20.7. The highest BCUT2D eigenvalue weighted by Gasteiger charge is 2.29. The van der Waals surface area contributed by atoms with E-state index in [2.05, 4.69) is 71.0 Å². The minimum absolute atomic E-state index is 1.11. The van der Waals surface area contributed by atoms with Crippen molar-refractivity contribution in [1.29, 1.82) is 0 Å². The van der Waals surface area contributed by atoms with Gasteiger partial charge >= 0.3 is 11.6 Å². The molecule has 0 bridgehead atoms. The van der Waals surface area contributed by atoms with Crippen LogP contribution in [0, 0.1) is 0 Å². The molecule has 0 unspecified atom stereocenters. The fourth-order valence-electron chi connectivity index (χ4n) is 3.58. The fraction of sp³-hybridized carbons (Fsp3) is 0.714. The van der Waals surface area contributed by atoms with Crippen molar-refractivity contribution in [3.05, 3.63) is 24.8 Å². The summed E-state index contributed by atoms with van der Waals surface area (Å²) in [5, 5.41) is 0. The van der Waals surface area contributed by atoms with E-state index in [1.54, 1.807) is 0 Å². The molecule has 0 spiro atoms. The van der Waals surface area contributed by atoms with Crippen molar-refractivity contribution in [2.75, 3.05) is 0 Å². The van der Waals surface area contributed by atoms with Crippen LogP contribution in [-0.4, -0.2) is 9.13 Å². The average molecular weight is 347 g/mol. The SMILES string of the molecule is CCCCCCCn1cc[n+](C)c1-c1n(CCCCCC)cc[n+]1C. The number of hydrogen-bond acceptors (Lipinski definition) is 0. The van der Waals surface area contributed by atoms with Crippen molar-refractivity contribution >= 4 is 0 Å². The van der Waals surface area contributed by atoms with Crippen molar-refractivity contribution in [3.63, 3.8) is 0 Å². The van der Waals surface area contributed by atoms with Gasteiger partial charge in [-0.15, -0.1) is 0 Å². The Balaban J connectivity index is 2.09. The van der Waals surface area contributed by atoms with Crippen molar-refractivity contribution in [3.8, 4) is 11.6 Å². The van der Waals surface area contributed by atoms with E-state index in [1.165, 1.54) is 69.4 Å². The lowest BCUT2D eigenvalue weighted by atomic mass is 10.1. The molecule has 0 N–H and O–H groups in total. The van der Waals surface area contributed by atoms with Gasteiger partial charge in [-0.1, -0.05) is 46.0 Å². The van der Waals surface area contributed by atoms with E-state index >= 15 is 0 Å². The summed E-state index contributed by atoms with van der Waals surface area (Å²) in [6.45, 7) is 6.77. The molecule has 0 aromatic carbocycles. The molecule has 0 amide bonds. The van der Waals surface area contributed by atoms with Gasteiger partial charge in [-0.25, -0.2) is 18.3 Å². The Bertz CT molecular complexity index is 624. The normalized spacial score (nSPS) is 11.4. The molecule has 0 aliphatic rings. The minimum Gasteiger partial charge on any atom is -0.226 e. The van der Waals surface area contributed by atoms with E-state index in [0.717, 1.165) is 13.1 Å². The Hall–Kier alpha value is -1.58. The molecule has 2 heterocycles. The highest BCUT2D eigenvalue weighted by molar-refractivity contribution is 5.36. The van der Waals surface area contributed by atoms with Gasteiger partial charge in [0.1, 0.15) is 24.8 Å². The number of aryl methyl sites for hydroxylation is 4. The van der Waals surface area contributed by atoms with E-state index in [0.29, 0.717) is 0 Å². The third-order valence-corrected chi connectivity index (χ3v) is 5.11. The molecule has 0 aliphatic heterocycles. The lowest BCUT2D eigenvalue weighted by Gasteiger charge is -2.04. The summed E-state index contributed by atoms with van der Waals surface area (Å²) in [6, 6.07) is 0. The Morgan fingerprint density at radius 2 is 1.04 bits per heavy atom. The molecule has 140 valence electrons. The topological polar surface area (TPSA) is 17.6 Å². The maximum atomic E-state index is 2.43. The fourth-order valence-corrected chi connectivity index (χ4v) is 3.58. The maximum Gasteiger partial charge on any atom is 0.373 e. The predicted octanol–water partition coefficient (Wildman–Crippen LogP) is 4.16. The molecular formula is C21H38N4+2. The van der Waals surface area contributed by atoms with Crippen LogP contribution < -0.4 is 9.13 Å². The van der Waals surface area contributed by atoms with E-state index < -0.39 is 0 Å². The van der Waals surface area contributed by atoms with Gasteiger partial charge in [0.15, 0.2) is 0 Å². The van der Waals surface area contributed by atoms with E-state index in [-0.39, 0.29) is 0 Å². The lowest BCUT2D eigenvalue weighted by molar-refractivity contribution is -0.690. The van der Waals surface area contributed by atoms with Crippen LogP contribution in [0.15, 0.2) is 24.8 Å². The summed E-state index contributed by atoms with van der Waals surface area (Å²) >= 11 is 0. The average Bonchev–Trinajstić information content (AvgIpc) is 3.14. The smallest absolute Gasteiger partial charge is 0.226 e. The minimum atomic E-state index is 1.11. The molecule has 0 saturated heterocycles. The molecule has 4 nitrogen and oxygen atoms in total. The molecule has 0 radical (unpaired) electrons. The number of aromatic nitrogens is 4. The first kappa shape index (κ1) is 19.7. The third kappa shape index (κ3) is 5.45. The maximum absolute atomic E-state index is 2.43. The molecule has 4 heteroatoms. The monoisotopic (exact) mass is 346 g/mol. The molecule has 0 fully saturated rings. The number of nitrogens with zero attached hydrogens (tertiary/aromatic N) is 4. The third-order valence-electron chi connectivity index (χ3n) is 5.11. The van der Waals surface area contributed by atoms with Crippen LogP contribution in [0.5, 0.6) is 0 Å². The summed E-state index contributed by atoms with van der Waals surface area (Å²) in [7, 11) is 4.33. The second kappa shape index (κ2) is 10.4.